The third-order valence-electron chi connectivity index (χ3n) is 2.71. The van der Waals surface area contributed by atoms with Crippen LogP contribution in [0.4, 0.5) is 0 Å². The smallest absolute Gasteiger partial charge is 0.321 e. The molecule has 1 aromatic rings. The normalized spacial score (nSPS) is 12.6. The molecule has 0 bridgehead atoms. The molecule has 0 radical (unpaired) electrons. The summed E-state index contributed by atoms with van der Waals surface area (Å²) in [6.45, 7) is 0.343. The van der Waals surface area contributed by atoms with Crippen molar-refractivity contribution in [2.45, 2.75) is 23.8 Å². The minimum atomic E-state index is -4.00. The van der Waals surface area contributed by atoms with Gasteiger partial charge in [0.1, 0.15) is 6.04 Å². The molecule has 0 saturated carbocycles. The van der Waals surface area contributed by atoms with Crippen molar-refractivity contribution >= 4 is 16.0 Å². The molecule has 21 heavy (non-hydrogen) atoms. The van der Waals surface area contributed by atoms with E-state index >= 15 is 0 Å². The first kappa shape index (κ1) is 17.1. The van der Waals surface area contributed by atoms with Gasteiger partial charge in [-0.1, -0.05) is 6.07 Å². The number of methoxy groups -OCH3 is 1. The summed E-state index contributed by atoms with van der Waals surface area (Å²) in [6.07, 6.45) is 0.522. The van der Waals surface area contributed by atoms with Gasteiger partial charge in [0.25, 0.3) is 0 Å². The van der Waals surface area contributed by atoms with Crippen molar-refractivity contribution in [3.8, 4) is 6.07 Å². The third-order valence-corrected chi connectivity index (χ3v) is 4.18. The van der Waals surface area contributed by atoms with Crippen LogP contribution in [0.2, 0.25) is 0 Å². The molecule has 1 rings (SSSR count). The predicted molar refractivity (Wildman–Crippen MR) is 74.0 cm³/mol. The van der Waals surface area contributed by atoms with Gasteiger partial charge in [-0.05, 0) is 31.0 Å². The van der Waals surface area contributed by atoms with Crippen molar-refractivity contribution in [3.05, 3.63) is 29.8 Å². The summed E-state index contributed by atoms with van der Waals surface area (Å²) in [5.41, 5.74) is 0.184. The van der Waals surface area contributed by atoms with E-state index < -0.39 is 22.0 Å². The highest BCUT2D eigenvalue weighted by Crippen LogP contribution is 2.12. The monoisotopic (exact) mass is 312 g/mol. The average molecular weight is 312 g/mol. The lowest BCUT2D eigenvalue weighted by Gasteiger charge is -2.14. The van der Waals surface area contributed by atoms with Gasteiger partial charge in [-0.2, -0.15) is 9.98 Å². The Morgan fingerprint density at radius 3 is 2.81 bits per heavy atom. The van der Waals surface area contributed by atoms with E-state index in [1.165, 1.54) is 31.4 Å². The fourth-order valence-electron chi connectivity index (χ4n) is 1.65. The average Bonchev–Trinajstić information content (AvgIpc) is 2.46. The Hall–Kier alpha value is -1.95. The number of hydrogen-bond acceptors (Lipinski definition) is 5. The Labute approximate surface area is 123 Å². The molecule has 7 nitrogen and oxygen atoms in total. The fraction of sp³-hybridized carbons (Fsp3) is 0.385. The Balaban J connectivity index is 2.90. The van der Waals surface area contributed by atoms with Gasteiger partial charge in [-0.15, -0.1) is 0 Å². The largest absolute Gasteiger partial charge is 0.480 e. The van der Waals surface area contributed by atoms with Crippen LogP contribution in [0.25, 0.3) is 0 Å². The van der Waals surface area contributed by atoms with Crippen LogP contribution in [0.5, 0.6) is 0 Å². The predicted octanol–water partition coefficient (Wildman–Crippen LogP) is 0.716. The summed E-state index contributed by atoms with van der Waals surface area (Å²) in [5.74, 6) is -1.26. The Bertz CT molecular complexity index is 636. The number of carbonyl (C=O) groups is 1. The van der Waals surface area contributed by atoms with Gasteiger partial charge >= 0.3 is 5.97 Å². The number of rotatable bonds is 8. The number of benzene rings is 1. The number of carboxylic acids is 1. The molecule has 1 unspecified atom stereocenters. The number of hydrogen-bond donors (Lipinski definition) is 2. The van der Waals surface area contributed by atoms with E-state index in [1.807, 2.05) is 6.07 Å². The number of aliphatic carboxylic acids is 1. The van der Waals surface area contributed by atoms with E-state index in [0.717, 1.165) is 0 Å². The SMILES string of the molecule is COCCCC(NS(=O)(=O)c1cccc(C#N)c1)C(=O)O. The molecule has 0 saturated heterocycles. The molecule has 0 aromatic heterocycles. The lowest BCUT2D eigenvalue weighted by Crippen LogP contribution is -2.40. The zero-order valence-corrected chi connectivity index (χ0v) is 12.3. The number of nitrogens with zero attached hydrogens (tertiary/aromatic N) is 1. The Morgan fingerprint density at radius 2 is 2.24 bits per heavy atom. The standard InChI is InChI=1S/C13H16N2O5S/c1-20-7-3-6-12(13(16)17)15-21(18,19)11-5-2-4-10(8-11)9-14/h2,4-5,8,12,15H,3,6-7H2,1H3,(H,16,17). The van der Waals surface area contributed by atoms with Gasteiger partial charge in [0.2, 0.25) is 10.0 Å². The van der Waals surface area contributed by atoms with Crippen LogP contribution in [-0.4, -0.2) is 39.3 Å². The highest BCUT2D eigenvalue weighted by atomic mass is 32.2. The second-order valence-corrected chi connectivity index (χ2v) is 6.00. The zero-order valence-electron chi connectivity index (χ0n) is 11.4. The summed E-state index contributed by atoms with van der Waals surface area (Å²) >= 11 is 0. The minimum Gasteiger partial charge on any atom is -0.480 e. The quantitative estimate of drug-likeness (QED) is 0.683. The molecular weight excluding hydrogens is 296 g/mol. The van der Waals surface area contributed by atoms with Crippen LogP contribution in [0, 0.1) is 11.3 Å². The molecular formula is C13H16N2O5S. The maximum atomic E-state index is 12.1. The molecule has 2 N–H and O–H groups in total. The van der Waals surface area contributed by atoms with Crippen LogP contribution < -0.4 is 4.72 Å². The van der Waals surface area contributed by atoms with Crippen LogP contribution in [0.15, 0.2) is 29.2 Å². The molecule has 0 aliphatic heterocycles. The van der Waals surface area contributed by atoms with Crippen LogP contribution >= 0.6 is 0 Å². The number of carboxylic acid groups (broad SMARTS) is 1. The molecule has 8 heteroatoms. The van der Waals surface area contributed by atoms with Gasteiger partial charge in [0.05, 0.1) is 16.5 Å². The van der Waals surface area contributed by atoms with Gasteiger partial charge in [0, 0.05) is 13.7 Å². The van der Waals surface area contributed by atoms with Gasteiger partial charge in [-0.25, -0.2) is 8.42 Å². The molecule has 0 fully saturated rings. The third kappa shape index (κ3) is 5.15. The lowest BCUT2D eigenvalue weighted by atomic mass is 10.2. The first-order valence-corrected chi connectivity index (χ1v) is 7.63. The van der Waals surface area contributed by atoms with Crippen molar-refractivity contribution in [2.24, 2.45) is 0 Å². The summed E-state index contributed by atoms with van der Waals surface area (Å²) in [6, 6.07) is 5.98. The molecule has 0 amide bonds. The zero-order chi connectivity index (χ0) is 15.9. The van der Waals surface area contributed by atoms with Crippen molar-refractivity contribution in [1.29, 1.82) is 5.26 Å². The maximum absolute atomic E-state index is 12.1. The molecule has 0 spiro atoms. The van der Waals surface area contributed by atoms with E-state index in [1.54, 1.807) is 0 Å². The van der Waals surface area contributed by atoms with Gasteiger partial charge < -0.3 is 9.84 Å². The molecule has 0 aliphatic carbocycles. The minimum absolute atomic E-state index is 0.111. The summed E-state index contributed by atoms with van der Waals surface area (Å²) in [4.78, 5) is 11.0. The number of ether oxygens (including phenoxy) is 1. The topological polar surface area (TPSA) is 116 Å². The second kappa shape index (κ2) is 7.73. The second-order valence-electron chi connectivity index (χ2n) is 4.29. The highest BCUT2D eigenvalue weighted by Gasteiger charge is 2.25. The molecule has 1 aromatic carbocycles. The van der Waals surface area contributed by atoms with E-state index in [-0.39, 0.29) is 16.9 Å². The highest BCUT2D eigenvalue weighted by molar-refractivity contribution is 7.89. The van der Waals surface area contributed by atoms with Crippen LogP contribution in [0.1, 0.15) is 18.4 Å². The van der Waals surface area contributed by atoms with Crippen LogP contribution in [0.3, 0.4) is 0 Å². The lowest BCUT2D eigenvalue weighted by molar-refractivity contribution is -0.139. The van der Waals surface area contributed by atoms with Crippen molar-refractivity contribution < 1.29 is 23.1 Å². The van der Waals surface area contributed by atoms with Crippen molar-refractivity contribution in [2.75, 3.05) is 13.7 Å². The molecule has 0 aliphatic rings. The maximum Gasteiger partial charge on any atom is 0.321 e. The van der Waals surface area contributed by atoms with Crippen LogP contribution in [-0.2, 0) is 19.6 Å². The van der Waals surface area contributed by atoms with E-state index in [9.17, 15) is 13.2 Å². The first-order valence-electron chi connectivity index (χ1n) is 6.15. The summed E-state index contributed by atoms with van der Waals surface area (Å²) < 4.78 is 31.2. The summed E-state index contributed by atoms with van der Waals surface area (Å²) in [7, 11) is -2.52. The molecule has 114 valence electrons. The van der Waals surface area contributed by atoms with Crippen molar-refractivity contribution in [1.82, 2.24) is 4.72 Å². The number of sulfonamides is 1. The first-order chi connectivity index (χ1) is 9.90. The fourth-order valence-corrected chi connectivity index (χ4v) is 2.92. The van der Waals surface area contributed by atoms with E-state index in [4.69, 9.17) is 15.1 Å². The molecule has 0 heterocycles. The van der Waals surface area contributed by atoms with Crippen molar-refractivity contribution in [3.63, 3.8) is 0 Å². The Kier molecular flexibility index (Phi) is 6.30. The number of nitriles is 1. The number of nitrogens with one attached hydrogen (secondary N) is 1. The Morgan fingerprint density at radius 1 is 1.52 bits per heavy atom. The molecule has 1 atom stereocenters. The van der Waals surface area contributed by atoms with Gasteiger partial charge in [0.15, 0.2) is 0 Å². The van der Waals surface area contributed by atoms with E-state index in [0.29, 0.717) is 13.0 Å². The van der Waals surface area contributed by atoms with E-state index in [2.05, 4.69) is 4.72 Å². The van der Waals surface area contributed by atoms with Gasteiger partial charge in [-0.3, -0.25) is 4.79 Å². The summed E-state index contributed by atoms with van der Waals surface area (Å²) in [5, 5.41) is 17.8.